The monoisotopic (exact) mass is 257 g/mol. The van der Waals surface area contributed by atoms with Crippen molar-refractivity contribution in [2.75, 3.05) is 6.54 Å². The second-order valence-corrected chi connectivity index (χ2v) is 6.60. The molecule has 0 heterocycles. The predicted molar refractivity (Wildman–Crippen MR) is 81.5 cm³/mol. The van der Waals surface area contributed by atoms with Gasteiger partial charge in [0, 0.05) is 6.04 Å². The van der Waals surface area contributed by atoms with Crippen molar-refractivity contribution in [2.24, 2.45) is 5.92 Å². The summed E-state index contributed by atoms with van der Waals surface area (Å²) in [6.07, 6.45) is 9.89. The van der Waals surface area contributed by atoms with Gasteiger partial charge in [0.2, 0.25) is 0 Å². The molecule has 2 saturated carbocycles. The summed E-state index contributed by atoms with van der Waals surface area (Å²) in [7, 11) is 0. The van der Waals surface area contributed by atoms with E-state index in [4.69, 9.17) is 0 Å². The minimum absolute atomic E-state index is 0.786. The summed E-state index contributed by atoms with van der Waals surface area (Å²) >= 11 is 0. The number of aryl methyl sites for hydroxylation is 1. The number of benzene rings is 1. The molecule has 0 aromatic heterocycles. The maximum absolute atomic E-state index is 3.77. The zero-order chi connectivity index (χ0) is 13.1. The Kier molecular flexibility index (Phi) is 4.22. The van der Waals surface area contributed by atoms with Crippen molar-refractivity contribution < 1.29 is 0 Å². The number of rotatable bonds is 4. The summed E-state index contributed by atoms with van der Waals surface area (Å²) in [6.45, 7) is 3.42. The SMILES string of the molecule is Cc1ccc(C2CCCCCC2CNC2CC2)cc1. The van der Waals surface area contributed by atoms with Gasteiger partial charge in [-0.15, -0.1) is 0 Å². The first-order chi connectivity index (χ1) is 9.33. The Morgan fingerprint density at radius 1 is 0.947 bits per heavy atom. The summed E-state index contributed by atoms with van der Waals surface area (Å²) in [6, 6.07) is 10.2. The van der Waals surface area contributed by atoms with Gasteiger partial charge in [0.25, 0.3) is 0 Å². The molecule has 2 unspecified atom stereocenters. The van der Waals surface area contributed by atoms with Gasteiger partial charge in [-0.25, -0.2) is 0 Å². The molecule has 2 aliphatic rings. The fraction of sp³-hybridized carbons (Fsp3) is 0.667. The molecule has 1 aromatic rings. The third-order valence-electron chi connectivity index (χ3n) is 4.91. The molecule has 1 heteroatoms. The van der Waals surface area contributed by atoms with Gasteiger partial charge in [-0.1, -0.05) is 49.1 Å². The molecule has 104 valence electrons. The fourth-order valence-corrected chi connectivity index (χ4v) is 3.49. The molecule has 1 aromatic carbocycles. The van der Waals surface area contributed by atoms with Crippen LogP contribution in [0, 0.1) is 12.8 Å². The summed E-state index contributed by atoms with van der Waals surface area (Å²) in [4.78, 5) is 0. The van der Waals surface area contributed by atoms with E-state index in [-0.39, 0.29) is 0 Å². The van der Waals surface area contributed by atoms with Gasteiger partial charge in [0.15, 0.2) is 0 Å². The zero-order valence-corrected chi connectivity index (χ0v) is 12.2. The molecular formula is C18H27N. The molecule has 0 saturated heterocycles. The Morgan fingerprint density at radius 3 is 2.42 bits per heavy atom. The van der Waals surface area contributed by atoms with Gasteiger partial charge < -0.3 is 5.32 Å². The highest BCUT2D eigenvalue weighted by molar-refractivity contribution is 5.25. The molecule has 2 atom stereocenters. The maximum atomic E-state index is 3.77. The lowest BCUT2D eigenvalue weighted by molar-refractivity contribution is 0.374. The molecule has 0 spiro atoms. The Balaban J connectivity index is 1.70. The molecule has 1 nitrogen and oxygen atoms in total. The van der Waals surface area contributed by atoms with E-state index in [2.05, 4.69) is 36.5 Å². The van der Waals surface area contributed by atoms with E-state index < -0.39 is 0 Å². The zero-order valence-electron chi connectivity index (χ0n) is 12.2. The summed E-state index contributed by atoms with van der Waals surface area (Å²) in [5.74, 6) is 1.64. The van der Waals surface area contributed by atoms with Gasteiger partial charge in [0.1, 0.15) is 0 Å². The van der Waals surface area contributed by atoms with Crippen LogP contribution in [0.25, 0.3) is 0 Å². The maximum Gasteiger partial charge on any atom is 0.00683 e. The first-order valence-corrected chi connectivity index (χ1v) is 8.13. The van der Waals surface area contributed by atoms with Crippen molar-refractivity contribution >= 4 is 0 Å². The van der Waals surface area contributed by atoms with E-state index >= 15 is 0 Å². The van der Waals surface area contributed by atoms with E-state index in [0.29, 0.717) is 0 Å². The molecule has 2 aliphatic carbocycles. The van der Waals surface area contributed by atoms with Gasteiger partial charge in [-0.3, -0.25) is 0 Å². The van der Waals surface area contributed by atoms with Crippen molar-refractivity contribution in [1.82, 2.24) is 5.32 Å². The fourth-order valence-electron chi connectivity index (χ4n) is 3.49. The largest absolute Gasteiger partial charge is 0.314 e. The Labute approximate surface area is 117 Å². The average molecular weight is 257 g/mol. The number of hydrogen-bond acceptors (Lipinski definition) is 1. The van der Waals surface area contributed by atoms with Crippen LogP contribution >= 0.6 is 0 Å². The third kappa shape index (κ3) is 3.60. The van der Waals surface area contributed by atoms with Crippen LogP contribution in [0.4, 0.5) is 0 Å². The molecule has 1 N–H and O–H groups in total. The quantitative estimate of drug-likeness (QED) is 0.788. The second kappa shape index (κ2) is 6.09. The van der Waals surface area contributed by atoms with Crippen molar-refractivity contribution in [2.45, 2.75) is 63.8 Å². The first-order valence-electron chi connectivity index (χ1n) is 8.13. The molecule has 0 radical (unpaired) electrons. The molecule has 0 amide bonds. The number of nitrogens with one attached hydrogen (secondary N) is 1. The topological polar surface area (TPSA) is 12.0 Å². The molecule has 0 aliphatic heterocycles. The van der Waals surface area contributed by atoms with E-state index in [1.54, 1.807) is 5.56 Å². The molecule has 19 heavy (non-hydrogen) atoms. The summed E-state index contributed by atoms with van der Waals surface area (Å²) < 4.78 is 0. The smallest absolute Gasteiger partial charge is 0.00683 e. The standard InChI is InChI=1S/C18H27N/c1-14-7-9-15(10-8-14)18-6-4-2-3-5-16(18)13-19-17-11-12-17/h7-10,16-19H,2-6,11-13H2,1H3. The minimum atomic E-state index is 0.786. The van der Waals surface area contributed by atoms with E-state index in [1.807, 2.05) is 0 Å². The predicted octanol–water partition coefficient (Wildman–Crippen LogP) is 4.41. The van der Waals surface area contributed by atoms with Gasteiger partial charge in [0.05, 0.1) is 0 Å². The van der Waals surface area contributed by atoms with Crippen LogP contribution in [0.3, 0.4) is 0 Å². The molecule has 3 rings (SSSR count). The van der Waals surface area contributed by atoms with Crippen LogP contribution in [-0.2, 0) is 0 Å². The summed E-state index contributed by atoms with van der Waals surface area (Å²) in [5.41, 5.74) is 2.96. The Bertz CT molecular complexity index is 391. The van der Waals surface area contributed by atoms with Crippen LogP contribution in [-0.4, -0.2) is 12.6 Å². The van der Waals surface area contributed by atoms with E-state index in [1.165, 1.54) is 57.1 Å². The van der Waals surface area contributed by atoms with Crippen LogP contribution in [0.5, 0.6) is 0 Å². The third-order valence-corrected chi connectivity index (χ3v) is 4.91. The van der Waals surface area contributed by atoms with Crippen LogP contribution in [0.2, 0.25) is 0 Å². The lowest BCUT2D eigenvalue weighted by atomic mass is 9.82. The lowest BCUT2D eigenvalue weighted by Crippen LogP contribution is -2.28. The van der Waals surface area contributed by atoms with Crippen molar-refractivity contribution in [3.63, 3.8) is 0 Å². The van der Waals surface area contributed by atoms with Crippen molar-refractivity contribution in [3.8, 4) is 0 Å². The first kappa shape index (κ1) is 13.2. The van der Waals surface area contributed by atoms with Gasteiger partial charge in [-0.05, 0) is 56.6 Å². The van der Waals surface area contributed by atoms with Gasteiger partial charge in [-0.2, -0.15) is 0 Å². The highest BCUT2D eigenvalue weighted by atomic mass is 14.9. The number of hydrogen-bond donors (Lipinski definition) is 1. The minimum Gasteiger partial charge on any atom is -0.314 e. The molecular weight excluding hydrogens is 230 g/mol. The van der Waals surface area contributed by atoms with E-state index in [9.17, 15) is 0 Å². The highest BCUT2D eigenvalue weighted by Crippen LogP contribution is 2.36. The van der Waals surface area contributed by atoms with Gasteiger partial charge >= 0.3 is 0 Å². The van der Waals surface area contributed by atoms with E-state index in [0.717, 1.165) is 17.9 Å². The highest BCUT2D eigenvalue weighted by Gasteiger charge is 2.27. The summed E-state index contributed by atoms with van der Waals surface area (Å²) in [5, 5.41) is 3.77. The lowest BCUT2D eigenvalue weighted by Gasteiger charge is -2.26. The Morgan fingerprint density at radius 2 is 1.68 bits per heavy atom. The van der Waals surface area contributed by atoms with Crippen LogP contribution in [0.1, 0.15) is 62.0 Å². The van der Waals surface area contributed by atoms with Crippen molar-refractivity contribution in [1.29, 1.82) is 0 Å². The second-order valence-electron chi connectivity index (χ2n) is 6.60. The normalized spacial score (nSPS) is 28.1. The molecule has 2 fully saturated rings. The Hall–Kier alpha value is -0.820. The molecule has 0 bridgehead atoms. The van der Waals surface area contributed by atoms with Crippen LogP contribution in [0.15, 0.2) is 24.3 Å². The van der Waals surface area contributed by atoms with Crippen LogP contribution < -0.4 is 5.32 Å². The van der Waals surface area contributed by atoms with Crippen molar-refractivity contribution in [3.05, 3.63) is 35.4 Å². The average Bonchev–Trinajstić information content (AvgIpc) is 3.24.